The Morgan fingerprint density at radius 3 is 3.00 bits per heavy atom. The van der Waals surface area contributed by atoms with E-state index in [0.29, 0.717) is 12.6 Å². The van der Waals surface area contributed by atoms with E-state index >= 15 is 0 Å². The fourth-order valence-electron chi connectivity index (χ4n) is 3.43. The van der Waals surface area contributed by atoms with Gasteiger partial charge in [0.05, 0.1) is 12.4 Å². The number of carbonyl (C=O) groups excluding carboxylic acids is 1. The Morgan fingerprint density at radius 1 is 1.22 bits per heavy atom. The molecule has 1 fully saturated rings. The molecule has 2 aromatic heterocycles. The van der Waals surface area contributed by atoms with E-state index in [1.54, 1.807) is 6.20 Å². The zero-order chi connectivity index (χ0) is 15.6. The smallest absolute Gasteiger partial charge is 0.242 e. The van der Waals surface area contributed by atoms with Gasteiger partial charge in [0.2, 0.25) is 5.91 Å². The second-order valence-electron chi connectivity index (χ2n) is 6.15. The predicted octanol–water partition coefficient (Wildman–Crippen LogP) is 2.70. The normalized spacial score (nSPS) is 18.4. The molecular formula is C18H20N4O. The first kappa shape index (κ1) is 14.1. The quantitative estimate of drug-likeness (QED) is 0.746. The summed E-state index contributed by atoms with van der Waals surface area (Å²) in [5.41, 5.74) is 1.11. The third-order valence-electron chi connectivity index (χ3n) is 4.68. The van der Waals surface area contributed by atoms with Crippen molar-refractivity contribution in [2.24, 2.45) is 0 Å². The summed E-state index contributed by atoms with van der Waals surface area (Å²) < 4.78 is 4.16. The number of rotatable bonds is 3. The van der Waals surface area contributed by atoms with Crippen molar-refractivity contribution < 1.29 is 4.79 Å². The van der Waals surface area contributed by atoms with Gasteiger partial charge in [-0.25, -0.2) is 4.98 Å². The number of aromatic nitrogens is 3. The largest absolute Gasteiger partial charge is 0.339 e. The zero-order valence-corrected chi connectivity index (χ0v) is 13.0. The molecular weight excluding hydrogens is 288 g/mol. The van der Waals surface area contributed by atoms with Gasteiger partial charge in [-0.2, -0.15) is 0 Å². The highest BCUT2D eigenvalue weighted by atomic mass is 16.2. The van der Waals surface area contributed by atoms with Gasteiger partial charge in [-0.05, 0) is 30.4 Å². The molecule has 1 saturated heterocycles. The van der Waals surface area contributed by atoms with E-state index in [0.717, 1.165) is 31.4 Å². The summed E-state index contributed by atoms with van der Waals surface area (Å²) in [6, 6.07) is 10.6. The van der Waals surface area contributed by atoms with E-state index < -0.39 is 0 Å². The maximum atomic E-state index is 12.7. The Hall–Kier alpha value is -2.56. The van der Waals surface area contributed by atoms with Crippen LogP contribution >= 0.6 is 0 Å². The summed E-state index contributed by atoms with van der Waals surface area (Å²) in [7, 11) is 0. The third kappa shape index (κ3) is 2.74. The van der Waals surface area contributed by atoms with Crippen molar-refractivity contribution in [1.29, 1.82) is 0 Å². The van der Waals surface area contributed by atoms with E-state index in [-0.39, 0.29) is 5.91 Å². The molecule has 1 atom stereocenters. The number of nitrogens with zero attached hydrogens (tertiary/aromatic N) is 4. The van der Waals surface area contributed by atoms with Crippen LogP contribution in [-0.4, -0.2) is 38.0 Å². The Bertz CT molecular complexity index is 805. The predicted molar refractivity (Wildman–Crippen MR) is 89.0 cm³/mol. The molecule has 23 heavy (non-hydrogen) atoms. The van der Waals surface area contributed by atoms with Crippen molar-refractivity contribution >= 4 is 16.8 Å². The minimum absolute atomic E-state index is 0.191. The lowest BCUT2D eigenvalue weighted by molar-refractivity contribution is -0.133. The van der Waals surface area contributed by atoms with Crippen LogP contribution in [-0.2, 0) is 11.3 Å². The molecule has 4 rings (SSSR count). The Morgan fingerprint density at radius 2 is 2.13 bits per heavy atom. The minimum Gasteiger partial charge on any atom is -0.339 e. The topological polar surface area (TPSA) is 43.1 Å². The fraction of sp³-hybridized carbons (Fsp3) is 0.333. The molecule has 0 saturated carbocycles. The van der Waals surface area contributed by atoms with Crippen molar-refractivity contribution in [3.05, 3.63) is 55.2 Å². The van der Waals surface area contributed by atoms with Gasteiger partial charge >= 0.3 is 0 Å². The zero-order valence-electron chi connectivity index (χ0n) is 13.0. The van der Waals surface area contributed by atoms with Crippen LogP contribution in [0.1, 0.15) is 18.9 Å². The molecule has 1 amide bonds. The summed E-state index contributed by atoms with van der Waals surface area (Å²) >= 11 is 0. The lowest BCUT2D eigenvalue weighted by Crippen LogP contribution is -2.42. The van der Waals surface area contributed by atoms with Gasteiger partial charge in [-0.1, -0.05) is 18.2 Å². The lowest BCUT2D eigenvalue weighted by Gasteiger charge is -2.33. The molecule has 3 heterocycles. The number of fused-ring (bicyclic) bond motifs is 1. The Balaban J connectivity index is 1.48. The van der Waals surface area contributed by atoms with E-state index in [2.05, 4.69) is 27.8 Å². The summed E-state index contributed by atoms with van der Waals surface area (Å²) in [6.45, 7) is 2.03. The van der Waals surface area contributed by atoms with Gasteiger partial charge in [0.15, 0.2) is 0 Å². The molecule has 1 aromatic carbocycles. The number of imidazole rings is 1. The highest BCUT2D eigenvalue weighted by molar-refractivity contribution is 5.83. The van der Waals surface area contributed by atoms with Crippen LogP contribution in [0.25, 0.3) is 10.9 Å². The van der Waals surface area contributed by atoms with Gasteiger partial charge in [-0.15, -0.1) is 0 Å². The van der Waals surface area contributed by atoms with E-state index in [1.165, 1.54) is 5.39 Å². The molecule has 0 N–H and O–H groups in total. The number of benzene rings is 1. The molecule has 1 aliphatic heterocycles. The minimum atomic E-state index is 0.191. The average Bonchev–Trinajstić information content (AvgIpc) is 3.25. The van der Waals surface area contributed by atoms with Crippen molar-refractivity contribution in [3.8, 4) is 0 Å². The van der Waals surface area contributed by atoms with Crippen LogP contribution in [0.4, 0.5) is 0 Å². The first-order chi connectivity index (χ1) is 11.3. The van der Waals surface area contributed by atoms with Crippen molar-refractivity contribution in [2.45, 2.75) is 25.4 Å². The average molecular weight is 308 g/mol. The summed E-state index contributed by atoms with van der Waals surface area (Å²) in [5, 5.41) is 1.18. The van der Waals surface area contributed by atoms with Crippen LogP contribution in [0.15, 0.2) is 55.2 Å². The Labute approximate surface area is 135 Å². The molecule has 5 heteroatoms. The first-order valence-corrected chi connectivity index (χ1v) is 8.10. The molecule has 1 aliphatic rings. The maximum absolute atomic E-state index is 12.7. The molecule has 0 aliphatic carbocycles. The monoisotopic (exact) mass is 308 g/mol. The van der Waals surface area contributed by atoms with Gasteiger partial charge < -0.3 is 14.0 Å². The van der Waals surface area contributed by atoms with E-state index in [4.69, 9.17) is 0 Å². The summed E-state index contributed by atoms with van der Waals surface area (Å²) in [4.78, 5) is 18.8. The molecule has 118 valence electrons. The molecule has 0 spiro atoms. The number of amides is 1. The molecule has 0 bridgehead atoms. The van der Waals surface area contributed by atoms with Gasteiger partial charge in [0, 0.05) is 37.2 Å². The van der Waals surface area contributed by atoms with Gasteiger partial charge in [0.25, 0.3) is 0 Å². The van der Waals surface area contributed by atoms with Crippen LogP contribution in [0.2, 0.25) is 0 Å². The van der Waals surface area contributed by atoms with Crippen LogP contribution in [0.5, 0.6) is 0 Å². The number of hydrogen-bond acceptors (Lipinski definition) is 2. The van der Waals surface area contributed by atoms with E-state index in [1.807, 2.05) is 40.3 Å². The first-order valence-electron chi connectivity index (χ1n) is 8.10. The van der Waals surface area contributed by atoms with Crippen LogP contribution in [0, 0.1) is 0 Å². The highest BCUT2D eigenvalue weighted by Crippen LogP contribution is 2.22. The second kappa shape index (κ2) is 5.91. The van der Waals surface area contributed by atoms with Gasteiger partial charge in [-0.3, -0.25) is 4.79 Å². The SMILES string of the molecule is O=C(Cn1ccc2ccccc21)N1CCCC(n2ccnc2)C1. The summed E-state index contributed by atoms with van der Waals surface area (Å²) in [6.07, 6.45) is 9.77. The standard InChI is InChI=1S/C18H20N4O/c23-18(13-20-10-7-15-4-1-2-6-17(15)20)21-9-3-5-16(12-21)22-11-8-19-14-22/h1-2,4,6-8,10-11,14,16H,3,5,9,12-13H2. The molecule has 3 aromatic rings. The van der Waals surface area contributed by atoms with Crippen LogP contribution in [0.3, 0.4) is 0 Å². The van der Waals surface area contributed by atoms with Gasteiger partial charge in [0.1, 0.15) is 6.54 Å². The second-order valence-corrected chi connectivity index (χ2v) is 6.15. The number of likely N-dealkylation sites (tertiary alicyclic amines) is 1. The molecule has 1 unspecified atom stereocenters. The maximum Gasteiger partial charge on any atom is 0.242 e. The molecule has 5 nitrogen and oxygen atoms in total. The summed E-state index contributed by atoms with van der Waals surface area (Å²) in [5.74, 6) is 0.191. The van der Waals surface area contributed by atoms with Crippen molar-refractivity contribution in [1.82, 2.24) is 19.0 Å². The molecule has 0 radical (unpaired) electrons. The van der Waals surface area contributed by atoms with Crippen molar-refractivity contribution in [3.63, 3.8) is 0 Å². The lowest BCUT2D eigenvalue weighted by atomic mass is 10.1. The van der Waals surface area contributed by atoms with E-state index in [9.17, 15) is 4.79 Å². The highest BCUT2D eigenvalue weighted by Gasteiger charge is 2.24. The van der Waals surface area contributed by atoms with Crippen LogP contribution < -0.4 is 0 Å². The number of carbonyl (C=O) groups is 1. The fourth-order valence-corrected chi connectivity index (χ4v) is 3.43. The van der Waals surface area contributed by atoms with Crippen molar-refractivity contribution in [2.75, 3.05) is 13.1 Å². The Kier molecular flexibility index (Phi) is 3.61. The number of para-hydroxylation sites is 1. The number of piperidine rings is 1. The third-order valence-corrected chi connectivity index (χ3v) is 4.68. The number of hydrogen-bond donors (Lipinski definition) is 0.